The van der Waals surface area contributed by atoms with Gasteiger partial charge in [-0.25, -0.2) is 0 Å². The first kappa shape index (κ1) is 22.5. The van der Waals surface area contributed by atoms with E-state index >= 15 is 0 Å². The van der Waals surface area contributed by atoms with Gasteiger partial charge >= 0.3 is 0 Å². The predicted octanol–water partition coefficient (Wildman–Crippen LogP) is 4.20. The minimum absolute atomic E-state index is 0. The van der Waals surface area contributed by atoms with Gasteiger partial charge in [-0.15, -0.1) is 24.0 Å². The summed E-state index contributed by atoms with van der Waals surface area (Å²) < 4.78 is 11.7. The molecule has 27 heavy (non-hydrogen) atoms. The molecule has 1 saturated carbocycles. The van der Waals surface area contributed by atoms with Gasteiger partial charge in [-0.3, -0.25) is 4.99 Å². The second-order valence-electron chi connectivity index (χ2n) is 6.94. The number of rotatable bonds is 7. The zero-order chi connectivity index (χ0) is 18.2. The Bertz CT molecular complexity index is 603. The number of halogens is 1. The molecule has 1 aromatic carbocycles. The predicted molar refractivity (Wildman–Crippen MR) is 125 cm³/mol. The second kappa shape index (κ2) is 11.9. The van der Waals surface area contributed by atoms with Crippen LogP contribution in [0.2, 0.25) is 0 Å². The zero-order valence-electron chi connectivity index (χ0n) is 16.3. The van der Waals surface area contributed by atoms with Crippen molar-refractivity contribution in [3.05, 3.63) is 23.8 Å². The van der Waals surface area contributed by atoms with E-state index in [0.29, 0.717) is 17.9 Å². The van der Waals surface area contributed by atoms with Crippen molar-refractivity contribution >= 4 is 41.7 Å². The molecule has 7 heteroatoms. The second-order valence-corrected chi connectivity index (χ2v) is 8.35. The first-order valence-corrected chi connectivity index (χ1v) is 10.7. The molecule has 1 aliphatic heterocycles. The topological polar surface area (TPSA) is 54.9 Å². The fourth-order valence-corrected chi connectivity index (χ4v) is 4.72. The van der Waals surface area contributed by atoms with Crippen LogP contribution < -0.4 is 20.1 Å². The molecule has 1 unspecified atom stereocenters. The van der Waals surface area contributed by atoms with E-state index in [9.17, 15) is 0 Å². The third-order valence-corrected chi connectivity index (χ3v) is 6.46. The number of hydrogen-bond acceptors (Lipinski definition) is 4. The van der Waals surface area contributed by atoms with Crippen LogP contribution in [0.4, 0.5) is 0 Å². The summed E-state index contributed by atoms with van der Waals surface area (Å²) in [5.41, 5.74) is 1.14. The van der Waals surface area contributed by atoms with E-state index in [4.69, 9.17) is 9.47 Å². The minimum Gasteiger partial charge on any atom is -0.497 e. The molecule has 1 heterocycles. The average Bonchev–Trinajstić information content (AvgIpc) is 3.36. The van der Waals surface area contributed by atoms with E-state index in [-0.39, 0.29) is 24.0 Å². The van der Waals surface area contributed by atoms with Gasteiger partial charge in [0.05, 0.1) is 13.2 Å². The Morgan fingerprint density at radius 1 is 1.19 bits per heavy atom. The number of methoxy groups -OCH3 is 1. The molecule has 1 aliphatic carbocycles. The van der Waals surface area contributed by atoms with Crippen LogP contribution in [-0.2, 0) is 6.54 Å². The molecule has 1 aromatic rings. The lowest BCUT2D eigenvalue weighted by Gasteiger charge is -2.19. The van der Waals surface area contributed by atoms with Crippen LogP contribution in [0, 0.1) is 0 Å². The molecule has 152 valence electrons. The van der Waals surface area contributed by atoms with E-state index in [1.807, 2.05) is 19.2 Å². The van der Waals surface area contributed by atoms with Crippen LogP contribution in [0.3, 0.4) is 0 Å². The first-order valence-electron chi connectivity index (χ1n) is 9.68. The van der Waals surface area contributed by atoms with Crippen LogP contribution in [0.25, 0.3) is 0 Å². The maximum absolute atomic E-state index is 6.27. The lowest BCUT2D eigenvalue weighted by Crippen LogP contribution is -2.39. The van der Waals surface area contributed by atoms with E-state index in [0.717, 1.165) is 42.4 Å². The Morgan fingerprint density at radius 3 is 2.67 bits per heavy atom. The summed E-state index contributed by atoms with van der Waals surface area (Å²) in [6.07, 6.45) is 7.77. The van der Waals surface area contributed by atoms with Crippen molar-refractivity contribution in [1.82, 2.24) is 10.6 Å². The number of nitrogens with zero attached hydrogens (tertiary/aromatic N) is 1. The Labute approximate surface area is 184 Å². The summed E-state index contributed by atoms with van der Waals surface area (Å²) in [6, 6.07) is 6.07. The van der Waals surface area contributed by atoms with E-state index in [1.165, 1.54) is 31.4 Å². The third-order valence-electron chi connectivity index (χ3n) is 5.06. The highest BCUT2D eigenvalue weighted by Crippen LogP contribution is 2.30. The molecule has 0 aromatic heterocycles. The molecule has 2 aliphatic rings. The molecular formula is C20H32IN3O2S. The quantitative estimate of drug-likeness (QED) is 0.331. The normalized spacial score (nSPS) is 20.2. The van der Waals surface area contributed by atoms with Gasteiger partial charge in [-0.2, -0.15) is 11.8 Å². The summed E-state index contributed by atoms with van der Waals surface area (Å²) in [7, 11) is 3.51. The molecule has 1 saturated heterocycles. The molecule has 2 fully saturated rings. The number of nitrogens with one attached hydrogen (secondary N) is 2. The molecular weight excluding hydrogens is 473 g/mol. The number of hydrogen-bond donors (Lipinski definition) is 2. The third kappa shape index (κ3) is 6.93. The Balaban J connectivity index is 0.00000261. The maximum Gasteiger partial charge on any atom is 0.191 e. The highest BCUT2D eigenvalue weighted by Gasteiger charge is 2.19. The zero-order valence-corrected chi connectivity index (χ0v) is 19.5. The molecule has 0 bridgehead atoms. The molecule has 2 N–H and O–H groups in total. The Morgan fingerprint density at radius 2 is 2.00 bits per heavy atom. The number of benzene rings is 1. The fraction of sp³-hybridized carbons (Fsp3) is 0.650. The van der Waals surface area contributed by atoms with Crippen LogP contribution >= 0.6 is 35.7 Å². The smallest absolute Gasteiger partial charge is 0.191 e. The Kier molecular flexibility index (Phi) is 9.89. The number of aliphatic imine (C=N–C) groups is 1. The fourth-order valence-electron chi connectivity index (χ4n) is 3.52. The SMILES string of the molecule is CN=C(NCc1ccc(OC)cc1OC1CCCC1)NCC1CCCS1.I. The average molecular weight is 505 g/mol. The maximum atomic E-state index is 6.27. The minimum atomic E-state index is 0. The molecule has 5 nitrogen and oxygen atoms in total. The van der Waals surface area contributed by atoms with E-state index < -0.39 is 0 Å². The summed E-state index contributed by atoms with van der Waals surface area (Å²) in [6.45, 7) is 1.65. The monoisotopic (exact) mass is 505 g/mol. The molecule has 0 spiro atoms. The van der Waals surface area contributed by atoms with Crippen molar-refractivity contribution in [3.8, 4) is 11.5 Å². The highest BCUT2D eigenvalue weighted by atomic mass is 127. The van der Waals surface area contributed by atoms with Crippen molar-refractivity contribution in [2.75, 3.05) is 26.5 Å². The van der Waals surface area contributed by atoms with Crippen molar-refractivity contribution in [2.45, 2.75) is 56.4 Å². The number of guanidine groups is 1. The van der Waals surface area contributed by atoms with Gasteiger partial charge in [0.25, 0.3) is 0 Å². The van der Waals surface area contributed by atoms with Gasteiger partial charge in [-0.1, -0.05) is 0 Å². The van der Waals surface area contributed by atoms with Crippen molar-refractivity contribution in [1.29, 1.82) is 0 Å². The van der Waals surface area contributed by atoms with Crippen molar-refractivity contribution < 1.29 is 9.47 Å². The molecule has 0 radical (unpaired) electrons. The van der Waals surface area contributed by atoms with E-state index in [1.54, 1.807) is 7.11 Å². The molecule has 3 rings (SSSR count). The Hall–Kier alpha value is -0.830. The van der Waals surface area contributed by atoms with Gasteiger partial charge in [0.1, 0.15) is 11.5 Å². The van der Waals surface area contributed by atoms with Crippen molar-refractivity contribution in [3.63, 3.8) is 0 Å². The summed E-state index contributed by atoms with van der Waals surface area (Å²) >= 11 is 2.05. The lowest BCUT2D eigenvalue weighted by atomic mass is 10.2. The number of ether oxygens (including phenoxy) is 2. The summed E-state index contributed by atoms with van der Waals surface area (Å²) in [5, 5.41) is 7.57. The lowest BCUT2D eigenvalue weighted by molar-refractivity contribution is 0.207. The van der Waals surface area contributed by atoms with Crippen LogP contribution in [-0.4, -0.2) is 43.8 Å². The molecule has 0 amide bonds. The van der Waals surface area contributed by atoms with E-state index in [2.05, 4.69) is 33.5 Å². The number of thioether (sulfide) groups is 1. The molecule has 1 atom stereocenters. The van der Waals surface area contributed by atoms with Gasteiger partial charge in [0.15, 0.2) is 5.96 Å². The summed E-state index contributed by atoms with van der Waals surface area (Å²) in [4.78, 5) is 4.35. The first-order chi connectivity index (χ1) is 12.8. The van der Waals surface area contributed by atoms with Gasteiger partial charge in [-0.05, 0) is 56.4 Å². The van der Waals surface area contributed by atoms with Crippen LogP contribution in [0.15, 0.2) is 23.2 Å². The van der Waals surface area contributed by atoms with Gasteiger partial charge < -0.3 is 20.1 Å². The standard InChI is InChI=1S/C20H31N3O2S.HI/c1-21-20(23-14-18-8-5-11-26-18)22-13-15-9-10-17(24-2)12-19(15)25-16-6-3-4-7-16;/h9-10,12,16,18H,3-8,11,13-14H2,1-2H3,(H2,21,22,23);1H. The van der Waals surface area contributed by atoms with Gasteiger partial charge in [0, 0.05) is 37.0 Å². The van der Waals surface area contributed by atoms with Crippen molar-refractivity contribution in [2.24, 2.45) is 4.99 Å². The largest absolute Gasteiger partial charge is 0.497 e. The van der Waals surface area contributed by atoms with Crippen LogP contribution in [0.1, 0.15) is 44.1 Å². The van der Waals surface area contributed by atoms with Crippen LogP contribution in [0.5, 0.6) is 11.5 Å². The van der Waals surface area contributed by atoms with Gasteiger partial charge in [0.2, 0.25) is 0 Å². The summed E-state index contributed by atoms with van der Waals surface area (Å²) in [5.74, 6) is 3.89. The highest BCUT2D eigenvalue weighted by molar-refractivity contribution is 14.0.